The summed E-state index contributed by atoms with van der Waals surface area (Å²) in [6.07, 6.45) is 0.361. The van der Waals surface area contributed by atoms with Crippen molar-refractivity contribution in [3.05, 3.63) is 30.1 Å². The molecule has 6 heteroatoms. The van der Waals surface area contributed by atoms with Gasteiger partial charge >= 0.3 is 5.97 Å². The van der Waals surface area contributed by atoms with E-state index >= 15 is 0 Å². The first kappa shape index (κ1) is 14.5. The average Bonchev–Trinajstić information content (AvgIpc) is 2.66. The van der Waals surface area contributed by atoms with Crippen LogP contribution in [0.2, 0.25) is 0 Å². The first-order valence-corrected chi connectivity index (χ1v) is 6.68. The van der Waals surface area contributed by atoms with Crippen LogP contribution < -0.4 is 5.73 Å². The van der Waals surface area contributed by atoms with Gasteiger partial charge in [0.05, 0.1) is 27.9 Å². The van der Waals surface area contributed by atoms with E-state index in [0.29, 0.717) is 23.8 Å². The quantitative estimate of drug-likeness (QED) is 0.823. The van der Waals surface area contributed by atoms with Crippen LogP contribution in [-0.2, 0) is 17.8 Å². The van der Waals surface area contributed by atoms with E-state index in [2.05, 4.69) is 4.98 Å². The SMILES string of the molecule is CC(C)(Cn1c(CC(N)=S)nc2ccccc21)C(=O)O. The molecule has 1 aromatic carbocycles. The molecule has 1 aromatic heterocycles. The zero-order chi connectivity index (χ0) is 14.9. The highest BCUT2D eigenvalue weighted by Crippen LogP contribution is 2.24. The van der Waals surface area contributed by atoms with Crippen molar-refractivity contribution in [1.29, 1.82) is 0 Å². The van der Waals surface area contributed by atoms with Crippen molar-refractivity contribution in [2.75, 3.05) is 0 Å². The first-order valence-electron chi connectivity index (χ1n) is 6.27. The highest BCUT2D eigenvalue weighted by atomic mass is 32.1. The molecule has 1 heterocycles. The Bertz CT molecular complexity index is 676. The summed E-state index contributed by atoms with van der Waals surface area (Å²) in [6.45, 7) is 3.70. The maximum atomic E-state index is 11.3. The number of para-hydroxylation sites is 2. The summed E-state index contributed by atoms with van der Waals surface area (Å²) < 4.78 is 1.89. The molecule has 0 aliphatic heterocycles. The number of hydrogen-bond donors (Lipinski definition) is 2. The Balaban J connectivity index is 2.53. The number of carbonyl (C=O) groups is 1. The van der Waals surface area contributed by atoms with Gasteiger partial charge in [-0.1, -0.05) is 24.4 Å². The summed E-state index contributed by atoms with van der Waals surface area (Å²) in [7, 11) is 0. The van der Waals surface area contributed by atoms with Crippen LogP contribution in [0.15, 0.2) is 24.3 Å². The highest BCUT2D eigenvalue weighted by molar-refractivity contribution is 7.80. The number of rotatable bonds is 5. The van der Waals surface area contributed by atoms with Crippen LogP contribution in [0, 0.1) is 5.41 Å². The molecule has 0 aliphatic rings. The Morgan fingerprint density at radius 1 is 1.45 bits per heavy atom. The van der Waals surface area contributed by atoms with Crippen molar-refractivity contribution in [3.8, 4) is 0 Å². The number of nitrogens with zero attached hydrogens (tertiary/aromatic N) is 2. The Morgan fingerprint density at radius 3 is 2.70 bits per heavy atom. The number of fused-ring (bicyclic) bond motifs is 1. The molecule has 0 saturated heterocycles. The van der Waals surface area contributed by atoms with Crippen LogP contribution in [0.25, 0.3) is 11.0 Å². The number of nitrogens with two attached hydrogens (primary N) is 1. The largest absolute Gasteiger partial charge is 0.481 e. The maximum absolute atomic E-state index is 11.3. The van der Waals surface area contributed by atoms with E-state index in [1.54, 1.807) is 13.8 Å². The molecule has 0 radical (unpaired) electrons. The third-order valence-electron chi connectivity index (χ3n) is 3.20. The summed E-state index contributed by atoms with van der Waals surface area (Å²) in [4.78, 5) is 16.2. The Kier molecular flexibility index (Phi) is 3.76. The topological polar surface area (TPSA) is 81.1 Å². The van der Waals surface area contributed by atoms with Crippen molar-refractivity contribution >= 4 is 34.2 Å². The lowest BCUT2D eigenvalue weighted by molar-refractivity contribution is -0.147. The molecule has 0 bridgehead atoms. The van der Waals surface area contributed by atoms with Gasteiger partial charge in [0.2, 0.25) is 0 Å². The number of carboxylic acid groups (broad SMARTS) is 1. The van der Waals surface area contributed by atoms with Gasteiger partial charge in [-0.05, 0) is 26.0 Å². The molecular weight excluding hydrogens is 274 g/mol. The predicted octanol–water partition coefficient (Wildman–Crippen LogP) is 1.98. The van der Waals surface area contributed by atoms with Crippen LogP contribution in [0.1, 0.15) is 19.7 Å². The van der Waals surface area contributed by atoms with E-state index in [-0.39, 0.29) is 0 Å². The third-order valence-corrected chi connectivity index (χ3v) is 3.34. The molecule has 20 heavy (non-hydrogen) atoms. The highest BCUT2D eigenvalue weighted by Gasteiger charge is 2.29. The van der Waals surface area contributed by atoms with Gasteiger partial charge in [0, 0.05) is 6.54 Å². The second-order valence-electron chi connectivity index (χ2n) is 5.44. The summed E-state index contributed by atoms with van der Waals surface area (Å²) in [5.41, 5.74) is 6.42. The second-order valence-corrected chi connectivity index (χ2v) is 5.96. The molecule has 0 atom stereocenters. The average molecular weight is 291 g/mol. The maximum Gasteiger partial charge on any atom is 0.310 e. The fourth-order valence-electron chi connectivity index (χ4n) is 2.06. The van der Waals surface area contributed by atoms with E-state index in [1.165, 1.54) is 0 Å². The van der Waals surface area contributed by atoms with E-state index in [0.717, 1.165) is 11.0 Å². The second kappa shape index (κ2) is 5.20. The molecule has 2 rings (SSSR count). The van der Waals surface area contributed by atoms with Crippen molar-refractivity contribution in [1.82, 2.24) is 9.55 Å². The lowest BCUT2D eigenvalue weighted by atomic mass is 9.93. The predicted molar refractivity (Wildman–Crippen MR) is 81.6 cm³/mol. The van der Waals surface area contributed by atoms with Crippen molar-refractivity contribution < 1.29 is 9.90 Å². The molecule has 106 valence electrons. The van der Waals surface area contributed by atoms with Crippen molar-refractivity contribution in [2.24, 2.45) is 11.1 Å². The van der Waals surface area contributed by atoms with Crippen LogP contribution in [-0.4, -0.2) is 25.6 Å². The standard InChI is InChI=1S/C14H17N3O2S/c1-14(2,13(18)19)8-17-10-6-4-3-5-9(10)16-12(17)7-11(15)20/h3-6H,7-8H2,1-2H3,(H2,15,20)(H,18,19). The van der Waals surface area contributed by atoms with E-state index < -0.39 is 11.4 Å². The fourth-order valence-corrected chi connectivity index (χ4v) is 2.18. The normalized spacial score (nSPS) is 11.7. The van der Waals surface area contributed by atoms with Gasteiger partial charge in [-0.2, -0.15) is 0 Å². The van der Waals surface area contributed by atoms with Gasteiger partial charge in [-0.15, -0.1) is 0 Å². The lowest BCUT2D eigenvalue weighted by Crippen LogP contribution is -2.30. The third kappa shape index (κ3) is 2.80. The zero-order valence-electron chi connectivity index (χ0n) is 11.5. The molecular formula is C14H17N3O2S. The smallest absolute Gasteiger partial charge is 0.310 e. The minimum absolute atomic E-state index is 0.320. The Labute approximate surface area is 122 Å². The Morgan fingerprint density at radius 2 is 2.10 bits per heavy atom. The van der Waals surface area contributed by atoms with Crippen LogP contribution in [0.4, 0.5) is 0 Å². The van der Waals surface area contributed by atoms with Crippen molar-refractivity contribution in [3.63, 3.8) is 0 Å². The minimum Gasteiger partial charge on any atom is -0.481 e. The zero-order valence-corrected chi connectivity index (χ0v) is 12.3. The van der Waals surface area contributed by atoms with Gasteiger partial charge < -0.3 is 15.4 Å². The van der Waals surface area contributed by atoms with Crippen molar-refractivity contribution in [2.45, 2.75) is 26.8 Å². The molecule has 0 amide bonds. The number of imidazole rings is 1. The molecule has 0 aliphatic carbocycles. The van der Waals surface area contributed by atoms with E-state index in [4.69, 9.17) is 18.0 Å². The number of hydrogen-bond acceptors (Lipinski definition) is 3. The van der Waals surface area contributed by atoms with Gasteiger partial charge in [0.15, 0.2) is 0 Å². The Hall–Kier alpha value is -1.95. The number of benzene rings is 1. The van der Waals surface area contributed by atoms with E-state index in [9.17, 15) is 9.90 Å². The molecule has 0 fully saturated rings. The number of aromatic nitrogens is 2. The summed E-state index contributed by atoms with van der Waals surface area (Å²) in [5.74, 6) is -0.149. The summed E-state index contributed by atoms with van der Waals surface area (Å²) >= 11 is 4.94. The van der Waals surface area contributed by atoms with Crippen LogP contribution in [0.5, 0.6) is 0 Å². The molecule has 3 N–H and O–H groups in total. The van der Waals surface area contributed by atoms with Gasteiger partial charge in [-0.25, -0.2) is 4.98 Å². The van der Waals surface area contributed by atoms with Crippen LogP contribution in [0.3, 0.4) is 0 Å². The van der Waals surface area contributed by atoms with Crippen LogP contribution >= 0.6 is 12.2 Å². The summed E-state index contributed by atoms with van der Waals surface area (Å²) in [5, 5.41) is 9.30. The molecule has 2 aromatic rings. The number of carboxylic acids is 1. The first-order chi connectivity index (χ1) is 9.31. The van der Waals surface area contributed by atoms with Gasteiger partial charge in [0.25, 0.3) is 0 Å². The fraction of sp³-hybridized carbons (Fsp3) is 0.357. The molecule has 5 nitrogen and oxygen atoms in total. The van der Waals surface area contributed by atoms with E-state index in [1.807, 2.05) is 28.8 Å². The molecule has 0 saturated carbocycles. The summed E-state index contributed by atoms with van der Waals surface area (Å²) in [6, 6.07) is 7.61. The number of aliphatic carboxylic acids is 1. The minimum atomic E-state index is -0.894. The van der Waals surface area contributed by atoms with Gasteiger partial charge in [-0.3, -0.25) is 4.79 Å². The number of thiocarbonyl (C=S) groups is 1. The molecule has 0 spiro atoms. The molecule has 0 unspecified atom stereocenters. The lowest BCUT2D eigenvalue weighted by Gasteiger charge is -2.21. The van der Waals surface area contributed by atoms with Gasteiger partial charge in [0.1, 0.15) is 5.82 Å². The monoisotopic (exact) mass is 291 g/mol.